The maximum Gasteiger partial charge on any atom is 0.0850 e. The van der Waals surface area contributed by atoms with Crippen LogP contribution in [0.25, 0.3) is 0 Å². The Labute approximate surface area is 83.5 Å². The third kappa shape index (κ3) is 8.29. The van der Waals surface area contributed by atoms with Crippen molar-refractivity contribution in [3.63, 3.8) is 0 Å². The van der Waals surface area contributed by atoms with E-state index in [9.17, 15) is 5.11 Å². The Morgan fingerprint density at radius 2 is 1.31 bits per heavy atom. The zero-order chi connectivity index (χ0) is 9.94. The molecule has 1 heteroatoms. The monoisotopic (exact) mass is 185 g/mol. The summed E-state index contributed by atoms with van der Waals surface area (Å²) in [5.41, 5.74) is 0. The Balaban J connectivity index is 3.28. The van der Waals surface area contributed by atoms with Gasteiger partial charge in [-0.25, -0.2) is 5.11 Å². The van der Waals surface area contributed by atoms with Gasteiger partial charge in [-0.05, 0) is 18.8 Å². The minimum atomic E-state index is 0.146. The van der Waals surface area contributed by atoms with E-state index < -0.39 is 0 Å². The topological polar surface area (TPSA) is 19.9 Å². The first-order valence-electron chi connectivity index (χ1n) is 5.93. The van der Waals surface area contributed by atoms with Crippen LogP contribution in [0.4, 0.5) is 0 Å². The van der Waals surface area contributed by atoms with Gasteiger partial charge >= 0.3 is 0 Å². The molecule has 1 nitrogen and oxygen atoms in total. The minimum Gasteiger partial charge on any atom is -0.236 e. The molecule has 0 fully saturated rings. The zero-order valence-electron chi connectivity index (χ0n) is 9.35. The van der Waals surface area contributed by atoms with Gasteiger partial charge in [-0.1, -0.05) is 52.4 Å². The van der Waals surface area contributed by atoms with Crippen molar-refractivity contribution < 1.29 is 5.11 Å². The number of rotatable bonds is 9. The van der Waals surface area contributed by atoms with E-state index in [0.717, 1.165) is 0 Å². The fourth-order valence-electron chi connectivity index (χ4n) is 1.68. The molecule has 0 aromatic rings. The molecule has 0 rings (SSSR count). The molecule has 0 heterocycles. The molecule has 0 amide bonds. The molecular formula is C12H25O. The van der Waals surface area contributed by atoms with Crippen LogP contribution in [-0.2, 0) is 5.11 Å². The second kappa shape index (κ2) is 10.0. The summed E-state index contributed by atoms with van der Waals surface area (Å²) in [6, 6.07) is 0. The number of hydrogen-bond acceptors (Lipinski definition) is 0. The predicted molar refractivity (Wildman–Crippen MR) is 57.3 cm³/mol. The number of hydrogen-bond donors (Lipinski definition) is 0. The molecule has 0 spiro atoms. The lowest BCUT2D eigenvalue weighted by Gasteiger charge is -2.11. The van der Waals surface area contributed by atoms with Gasteiger partial charge in [0.2, 0.25) is 0 Å². The molecule has 13 heavy (non-hydrogen) atoms. The molecule has 0 saturated carbocycles. The van der Waals surface area contributed by atoms with Gasteiger partial charge in [-0.3, -0.25) is 0 Å². The lowest BCUT2D eigenvalue weighted by atomic mass is 9.96. The van der Waals surface area contributed by atoms with Crippen LogP contribution in [-0.4, -0.2) is 6.61 Å². The van der Waals surface area contributed by atoms with Gasteiger partial charge < -0.3 is 0 Å². The summed E-state index contributed by atoms with van der Waals surface area (Å²) in [5.74, 6) is 0.470. The fourth-order valence-corrected chi connectivity index (χ4v) is 1.68. The molecule has 0 aromatic carbocycles. The molecular weight excluding hydrogens is 160 g/mol. The van der Waals surface area contributed by atoms with Crippen LogP contribution < -0.4 is 0 Å². The smallest absolute Gasteiger partial charge is 0.0850 e. The zero-order valence-corrected chi connectivity index (χ0v) is 9.35. The van der Waals surface area contributed by atoms with E-state index in [2.05, 4.69) is 13.8 Å². The third-order valence-electron chi connectivity index (χ3n) is 2.67. The molecule has 0 aliphatic carbocycles. The van der Waals surface area contributed by atoms with Crippen LogP contribution in [0.3, 0.4) is 0 Å². The standard InChI is InChI=1S/C12H25O/c1-3-5-7-9-12(11-13)10-8-6-4-2/h12H,3-11H2,1-2H3. The maximum atomic E-state index is 10.8. The van der Waals surface area contributed by atoms with Gasteiger partial charge in [0, 0.05) is 0 Å². The normalized spacial score (nSPS) is 11.1. The predicted octanol–water partition coefficient (Wildman–Crippen LogP) is 4.19. The van der Waals surface area contributed by atoms with Crippen LogP contribution >= 0.6 is 0 Å². The van der Waals surface area contributed by atoms with Crippen molar-refractivity contribution in [2.24, 2.45) is 5.92 Å². The van der Waals surface area contributed by atoms with E-state index in [1.165, 1.54) is 51.4 Å². The van der Waals surface area contributed by atoms with E-state index in [0.29, 0.717) is 5.92 Å². The molecule has 0 aliphatic heterocycles. The van der Waals surface area contributed by atoms with Crippen molar-refractivity contribution in [1.29, 1.82) is 0 Å². The van der Waals surface area contributed by atoms with Crippen LogP contribution in [0.15, 0.2) is 0 Å². The van der Waals surface area contributed by atoms with Gasteiger partial charge in [-0.15, -0.1) is 0 Å². The summed E-state index contributed by atoms with van der Waals surface area (Å²) in [6.45, 7) is 4.57. The van der Waals surface area contributed by atoms with Crippen LogP contribution in [0.1, 0.15) is 65.2 Å². The summed E-state index contributed by atoms with van der Waals surface area (Å²) >= 11 is 0. The quantitative estimate of drug-likeness (QED) is 0.480. The SMILES string of the molecule is CCCCCC(C[O])CCCCC. The average molecular weight is 185 g/mol. The summed E-state index contributed by atoms with van der Waals surface area (Å²) < 4.78 is 0. The summed E-state index contributed by atoms with van der Waals surface area (Å²) in [4.78, 5) is 0. The summed E-state index contributed by atoms with van der Waals surface area (Å²) in [7, 11) is 0. The van der Waals surface area contributed by atoms with E-state index in [-0.39, 0.29) is 6.61 Å². The lowest BCUT2D eigenvalue weighted by Crippen LogP contribution is -2.04. The Morgan fingerprint density at radius 1 is 0.846 bits per heavy atom. The van der Waals surface area contributed by atoms with E-state index in [1.807, 2.05) is 0 Å². The van der Waals surface area contributed by atoms with Gasteiger partial charge in [0.15, 0.2) is 0 Å². The van der Waals surface area contributed by atoms with Crippen molar-refractivity contribution in [1.82, 2.24) is 0 Å². The molecule has 79 valence electrons. The highest BCUT2D eigenvalue weighted by Crippen LogP contribution is 2.16. The number of unbranched alkanes of at least 4 members (excludes halogenated alkanes) is 4. The third-order valence-corrected chi connectivity index (χ3v) is 2.67. The van der Waals surface area contributed by atoms with Gasteiger partial charge in [0.25, 0.3) is 0 Å². The van der Waals surface area contributed by atoms with Crippen molar-refractivity contribution in [2.75, 3.05) is 6.61 Å². The molecule has 0 bridgehead atoms. The molecule has 0 unspecified atom stereocenters. The Morgan fingerprint density at radius 3 is 1.62 bits per heavy atom. The average Bonchev–Trinajstić information content (AvgIpc) is 2.16. The molecule has 0 saturated heterocycles. The Bertz CT molecular complexity index is 81.1. The van der Waals surface area contributed by atoms with Crippen LogP contribution in [0, 0.1) is 5.92 Å². The van der Waals surface area contributed by atoms with Crippen molar-refractivity contribution in [3.8, 4) is 0 Å². The Hall–Kier alpha value is -0.0400. The van der Waals surface area contributed by atoms with Crippen molar-refractivity contribution in [2.45, 2.75) is 65.2 Å². The van der Waals surface area contributed by atoms with Gasteiger partial charge in [-0.2, -0.15) is 0 Å². The highest BCUT2D eigenvalue weighted by Gasteiger charge is 2.06. The molecule has 0 atom stereocenters. The van der Waals surface area contributed by atoms with E-state index in [1.54, 1.807) is 0 Å². The second-order valence-corrected chi connectivity index (χ2v) is 4.02. The first-order chi connectivity index (χ1) is 6.35. The van der Waals surface area contributed by atoms with Gasteiger partial charge in [0.1, 0.15) is 0 Å². The van der Waals surface area contributed by atoms with Gasteiger partial charge in [0.05, 0.1) is 6.61 Å². The minimum absolute atomic E-state index is 0.146. The Kier molecular flexibility index (Phi) is 10.0. The maximum absolute atomic E-state index is 10.8. The molecule has 0 aromatic heterocycles. The van der Waals surface area contributed by atoms with Crippen molar-refractivity contribution >= 4 is 0 Å². The van der Waals surface area contributed by atoms with E-state index in [4.69, 9.17) is 0 Å². The van der Waals surface area contributed by atoms with Crippen LogP contribution in [0.2, 0.25) is 0 Å². The largest absolute Gasteiger partial charge is 0.236 e. The highest BCUT2D eigenvalue weighted by atomic mass is 16.3. The molecule has 0 N–H and O–H groups in total. The summed E-state index contributed by atoms with van der Waals surface area (Å²) in [5, 5.41) is 10.8. The summed E-state index contributed by atoms with van der Waals surface area (Å²) in [6.07, 6.45) is 9.98. The van der Waals surface area contributed by atoms with Crippen molar-refractivity contribution in [3.05, 3.63) is 0 Å². The molecule has 0 aliphatic rings. The fraction of sp³-hybridized carbons (Fsp3) is 1.00. The van der Waals surface area contributed by atoms with Crippen LogP contribution in [0.5, 0.6) is 0 Å². The highest BCUT2D eigenvalue weighted by molar-refractivity contribution is 4.58. The first-order valence-corrected chi connectivity index (χ1v) is 5.93. The first kappa shape index (κ1) is 13.0. The molecule has 1 radical (unpaired) electrons. The second-order valence-electron chi connectivity index (χ2n) is 4.02. The lowest BCUT2D eigenvalue weighted by molar-refractivity contribution is 0.130. The van der Waals surface area contributed by atoms with E-state index >= 15 is 0 Å².